The largest absolute Gasteiger partial charge is 0.488 e. The van der Waals surface area contributed by atoms with E-state index in [2.05, 4.69) is 5.10 Å². The minimum atomic E-state index is -0.855. The molecule has 0 N–H and O–H groups in total. The summed E-state index contributed by atoms with van der Waals surface area (Å²) < 4.78 is 45.1. The van der Waals surface area contributed by atoms with Gasteiger partial charge in [0.2, 0.25) is 0 Å². The van der Waals surface area contributed by atoms with Crippen LogP contribution in [0.4, 0.5) is 8.78 Å². The average molecular weight is 478 g/mol. The Morgan fingerprint density at radius 3 is 2.26 bits per heavy atom. The molecule has 1 aromatic heterocycles. The Morgan fingerprint density at radius 2 is 1.57 bits per heavy atom. The lowest BCUT2D eigenvalue weighted by Gasteiger charge is -2.12. The van der Waals surface area contributed by atoms with Gasteiger partial charge in [-0.3, -0.25) is 0 Å². The maximum Gasteiger partial charge on any atom is 0.357 e. The second-order valence-electron chi connectivity index (χ2n) is 7.32. The number of aromatic nitrogens is 2. The van der Waals surface area contributed by atoms with Crippen LogP contribution in [-0.4, -0.2) is 35.9 Å². The normalized spacial score (nSPS) is 10.6. The van der Waals surface area contributed by atoms with Crippen LogP contribution < -0.4 is 4.74 Å². The zero-order chi connectivity index (χ0) is 24.9. The molecule has 0 fully saturated rings. The molecule has 0 aliphatic rings. The molecule has 0 unspecified atom stereocenters. The molecule has 1 heterocycles. The molecule has 4 aromatic rings. The third-order valence-electron chi connectivity index (χ3n) is 5.19. The number of ether oxygens (including phenoxy) is 3. The summed E-state index contributed by atoms with van der Waals surface area (Å²) in [6.45, 7) is -0.208. The molecular weight excluding hydrogens is 458 g/mol. The first-order valence-electron chi connectivity index (χ1n) is 10.5. The fraction of sp³-hybridized carbons (Fsp3) is 0.115. The Balaban J connectivity index is 1.91. The molecule has 0 bridgehead atoms. The van der Waals surface area contributed by atoms with Crippen molar-refractivity contribution in [3.8, 4) is 22.7 Å². The van der Waals surface area contributed by atoms with Crippen LogP contribution in [0.1, 0.15) is 26.4 Å². The lowest BCUT2D eigenvalue weighted by molar-refractivity contribution is 0.0549. The van der Waals surface area contributed by atoms with Crippen molar-refractivity contribution in [1.82, 2.24) is 9.78 Å². The van der Waals surface area contributed by atoms with E-state index in [1.165, 1.54) is 30.0 Å². The molecule has 9 heteroatoms. The van der Waals surface area contributed by atoms with E-state index in [0.29, 0.717) is 5.69 Å². The van der Waals surface area contributed by atoms with Gasteiger partial charge in [0.1, 0.15) is 35.2 Å². The molecule has 0 amide bonds. The van der Waals surface area contributed by atoms with Crippen molar-refractivity contribution in [3.63, 3.8) is 0 Å². The standard InChI is InChI=1S/C26H20F2N2O5/c1-33-25(31)22-23(29-30(24(22)26(32)34-2)18-9-4-3-5-10-18)19-13-12-17(27)14-21(19)35-15-16-8-6-7-11-20(16)28/h3-14H,15H2,1-2H3. The van der Waals surface area contributed by atoms with Gasteiger partial charge >= 0.3 is 11.9 Å². The van der Waals surface area contributed by atoms with Crippen LogP contribution in [0, 0.1) is 11.6 Å². The molecule has 0 saturated carbocycles. The van der Waals surface area contributed by atoms with Gasteiger partial charge in [-0.2, -0.15) is 5.10 Å². The van der Waals surface area contributed by atoms with Crippen molar-refractivity contribution < 1.29 is 32.6 Å². The van der Waals surface area contributed by atoms with Gasteiger partial charge in [-0.25, -0.2) is 23.1 Å². The second kappa shape index (κ2) is 10.2. The van der Waals surface area contributed by atoms with E-state index in [-0.39, 0.29) is 40.4 Å². The van der Waals surface area contributed by atoms with Gasteiger partial charge in [0.05, 0.1) is 19.9 Å². The van der Waals surface area contributed by atoms with Crippen LogP contribution in [0.2, 0.25) is 0 Å². The number of esters is 2. The molecule has 3 aromatic carbocycles. The molecular formula is C26H20F2N2O5. The second-order valence-corrected chi connectivity index (χ2v) is 7.32. The van der Waals surface area contributed by atoms with Gasteiger partial charge < -0.3 is 14.2 Å². The highest BCUT2D eigenvalue weighted by Gasteiger charge is 2.32. The minimum Gasteiger partial charge on any atom is -0.488 e. The molecule has 0 saturated heterocycles. The Hall–Kier alpha value is -4.53. The number of carbonyl (C=O) groups excluding carboxylic acids is 2. The summed E-state index contributed by atoms with van der Waals surface area (Å²) >= 11 is 0. The fourth-order valence-electron chi connectivity index (χ4n) is 3.53. The number of hydrogen-bond acceptors (Lipinski definition) is 6. The maximum absolute atomic E-state index is 14.2. The number of para-hydroxylation sites is 1. The molecule has 4 rings (SSSR count). The third kappa shape index (κ3) is 4.74. The first-order chi connectivity index (χ1) is 16.9. The van der Waals surface area contributed by atoms with E-state index in [1.54, 1.807) is 42.5 Å². The molecule has 35 heavy (non-hydrogen) atoms. The van der Waals surface area contributed by atoms with Gasteiger partial charge in [0, 0.05) is 17.2 Å². The van der Waals surface area contributed by atoms with Crippen LogP contribution in [-0.2, 0) is 16.1 Å². The zero-order valence-corrected chi connectivity index (χ0v) is 18.8. The monoisotopic (exact) mass is 478 g/mol. The summed E-state index contributed by atoms with van der Waals surface area (Å²) in [5.74, 6) is -2.79. The first kappa shape index (κ1) is 23.6. The maximum atomic E-state index is 14.2. The third-order valence-corrected chi connectivity index (χ3v) is 5.19. The van der Waals surface area contributed by atoms with Gasteiger partial charge in [0.15, 0.2) is 5.69 Å². The summed E-state index contributed by atoms with van der Waals surface area (Å²) in [6, 6.07) is 18.2. The quantitative estimate of drug-likeness (QED) is 0.349. The van der Waals surface area contributed by atoms with Crippen LogP contribution in [0.5, 0.6) is 5.75 Å². The number of methoxy groups -OCH3 is 2. The number of nitrogens with zero attached hydrogens (tertiary/aromatic N) is 2. The van der Waals surface area contributed by atoms with E-state index < -0.39 is 23.6 Å². The van der Waals surface area contributed by atoms with Gasteiger partial charge in [0.25, 0.3) is 0 Å². The predicted molar refractivity (Wildman–Crippen MR) is 122 cm³/mol. The van der Waals surface area contributed by atoms with Gasteiger partial charge in [-0.05, 0) is 30.3 Å². The van der Waals surface area contributed by atoms with E-state index in [0.717, 1.165) is 19.2 Å². The Morgan fingerprint density at radius 1 is 0.886 bits per heavy atom. The Bertz CT molecular complexity index is 1390. The summed E-state index contributed by atoms with van der Waals surface area (Å²) in [5.41, 5.74) is 0.560. The van der Waals surface area contributed by atoms with Crippen LogP contribution in [0.15, 0.2) is 72.8 Å². The molecule has 7 nitrogen and oxygen atoms in total. The van der Waals surface area contributed by atoms with E-state index in [1.807, 2.05) is 0 Å². The molecule has 0 atom stereocenters. The highest BCUT2D eigenvalue weighted by Crippen LogP contribution is 2.36. The highest BCUT2D eigenvalue weighted by atomic mass is 19.1. The summed E-state index contributed by atoms with van der Waals surface area (Å²) in [7, 11) is 2.33. The van der Waals surface area contributed by atoms with Gasteiger partial charge in [-0.15, -0.1) is 0 Å². The molecule has 0 aliphatic heterocycles. The van der Waals surface area contributed by atoms with E-state index >= 15 is 0 Å². The molecule has 0 aliphatic carbocycles. The SMILES string of the molecule is COC(=O)c1c(-c2ccc(F)cc2OCc2ccccc2F)nn(-c2ccccc2)c1C(=O)OC. The van der Waals surface area contributed by atoms with Crippen molar-refractivity contribution in [1.29, 1.82) is 0 Å². The predicted octanol–water partition coefficient (Wildman–Crippen LogP) is 4.97. The Labute approximate surface area is 199 Å². The van der Waals surface area contributed by atoms with E-state index in [9.17, 15) is 18.4 Å². The average Bonchev–Trinajstić information content (AvgIpc) is 3.28. The number of halogens is 2. The smallest absolute Gasteiger partial charge is 0.357 e. The first-order valence-corrected chi connectivity index (χ1v) is 10.5. The lowest BCUT2D eigenvalue weighted by atomic mass is 10.0. The summed E-state index contributed by atoms with van der Waals surface area (Å²) in [5, 5.41) is 4.49. The number of carbonyl (C=O) groups is 2. The number of hydrogen-bond donors (Lipinski definition) is 0. The van der Waals surface area contributed by atoms with E-state index in [4.69, 9.17) is 14.2 Å². The number of benzene rings is 3. The van der Waals surface area contributed by atoms with Crippen LogP contribution >= 0.6 is 0 Å². The number of rotatable bonds is 7. The van der Waals surface area contributed by atoms with Crippen molar-refractivity contribution in [3.05, 3.63) is 101 Å². The lowest BCUT2D eigenvalue weighted by Crippen LogP contribution is -2.15. The van der Waals surface area contributed by atoms with Gasteiger partial charge in [-0.1, -0.05) is 36.4 Å². The fourth-order valence-corrected chi connectivity index (χ4v) is 3.53. The van der Waals surface area contributed by atoms with Crippen LogP contribution in [0.3, 0.4) is 0 Å². The van der Waals surface area contributed by atoms with Crippen molar-refractivity contribution >= 4 is 11.9 Å². The highest BCUT2D eigenvalue weighted by molar-refractivity contribution is 6.07. The van der Waals surface area contributed by atoms with Crippen molar-refractivity contribution in [2.24, 2.45) is 0 Å². The van der Waals surface area contributed by atoms with Crippen LogP contribution in [0.25, 0.3) is 16.9 Å². The molecule has 0 spiro atoms. The van der Waals surface area contributed by atoms with Crippen molar-refractivity contribution in [2.45, 2.75) is 6.61 Å². The molecule has 0 radical (unpaired) electrons. The summed E-state index contributed by atoms with van der Waals surface area (Å²) in [6.07, 6.45) is 0. The van der Waals surface area contributed by atoms with Crippen molar-refractivity contribution in [2.75, 3.05) is 14.2 Å². The Kier molecular flexibility index (Phi) is 6.86. The summed E-state index contributed by atoms with van der Waals surface area (Å²) in [4.78, 5) is 25.6. The molecule has 178 valence electrons. The zero-order valence-electron chi connectivity index (χ0n) is 18.8. The topological polar surface area (TPSA) is 79.7 Å². The minimum absolute atomic E-state index is 0.00429.